The minimum atomic E-state index is 0.00936. The lowest BCUT2D eigenvalue weighted by atomic mass is 10.1. The van der Waals surface area contributed by atoms with Crippen molar-refractivity contribution in [1.29, 1.82) is 0 Å². The van der Waals surface area contributed by atoms with Crippen molar-refractivity contribution in [2.45, 2.75) is 26.8 Å². The van der Waals surface area contributed by atoms with Crippen LogP contribution in [-0.2, 0) is 4.79 Å². The molecule has 0 radical (unpaired) electrons. The Kier molecular flexibility index (Phi) is 5.80. The Morgan fingerprint density at radius 3 is 2.57 bits per heavy atom. The Morgan fingerprint density at radius 1 is 1.17 bits per heavy atom. The molecule has 0 saturated heterocycles. The van der Waals surface area contributed by atoms with Crippen LogP contribution in [-0.4, -0.2) is 19.5 Å². The zero-order valence-electron chi connectivity index (χ0n) is 14.1. The van der Waals surface area contributed by atoms with E-state index in [2.05, 4.69) is 12.2 Å². The Balaban J connectivity index is 2.02. The van der Waals surface area contributed by atoms with Crippen LogP contribution in [0.2, 0.25) is 5.02 Å². The van der Waals surface area contributed by atoms with Gasteiger partial charge in [-0.2, -0.15) is 0 Å². The normalized spacial score (nSPS) is 13.4. The second-order valence-corrected chi connectivity index (χ2v) is 6.47. The number of hydrogen-bond donors (Lipinski definition) is 2. The molecule has 0 bridgehead atoms. The Morgan fingerprint density at radius 2 is 1.87 bits per heavy atom. The van der Waals surface area contributed by atoms with Crippen molar-refractivity contribution < 1.29 is 9.69 Å². The predicted molar refractivity (Wildman–Crippen MR) is 96.2 cm³/mol. The SMILES string of the molecule is Cc1cccc(NC(=O)C[NH+](C)[C@@H](C)c2ccccc2Cl)c1C. The summed E-state index contributed by atoms with van der Waals surface area (Å²) in [4.78, 5) is 13.4. The maximum Gasteiger partial charge on any atom is 0.279 e. The largest absolute Gasteiger partial charge is 0.324 e. The van der Waals surface area contributed by atoms with Gasteiger partial charge in [-0.05, 0) is 44.0 Å². The lowest BCUT2D eigenvalue weighted by Crippen LogP contribution is -3.10. The van der Waals surface area contributed by atoms with Crippen LogP contribution in [0.3, 0.4) is 0 Å². The van der Waals surface area contributed by atoms with Gasteiger partial charge in [0.1, 0.15) is 6.04 Å². The van der Waals surface area contributed by atoms with Crippen LogP contribution in [0.4, 0.5) is 5.69 Å². The van der Waals surface area contributed by atoms with Gasteiger partial charge in [0.05, 0.1) is 7.05 Å². The summed E-state index contributed by atoms with van der Waals surface area (Å²) in [5, 5.41) is 3.75. The van der Waals surface area contributed by atoms with Crippen LogP contribution >= 0.6 is 11.6 Å². The molecule has 2 rings (SSSR count). The number of carbonyl (C=O) groups is 1. The Hall–Kier alpha value is -1.84. The first-order valence-electron chi connectivity index (χ1n) is 7.83. The van der Waals surface area contributed by atoms with Gasteiger partial charge in [-0.15, -0.1) is 0 Å². The highest BCUT2D eigenvalue weighted by Gasteiger charge is 2.20. The molecule has 2 aromatic rings. The minimum absolute atomic E-state index is 0.00936. The van der Waals surface area contributed by atoms with Crippen molar-refractivity contribution in [2.24, 2.45) is 0 Å². The third-order valence-corrected chi connectivity index (χ3v) is 4.77. The van der Waals surface area contributed by atoms with E-state index in [0.29, 0.717) is 6.54 Å². The summed E-state index contributed by atoms with van der Waals surface area (Å²) in [5.74, 6) is 0.00936. The van der Waals surface area contributed by atoms with Crippen LogP contribution in [0.25, 0.3) is 0 Å². The Bertz CT molecular complexity index is 700. The number of aryl methyl sites for hydroxylation is 1. The number of amides is 1. The highest BCUT2D eigenvalue weighted by molar-refractivity contribution is 6.31. The predicted octanol–water partition coefficient (Wildman–Crippen LogP) is 3.17. The summed E-state index contributed by atoms with van der Waals surface area (Å²) in [5.41, 5.74) is 4.23. The first kappa shape index (κ1) is 17.5. The fraction of sp³-hybridized carbons (Fsp3) is 0.316. The number of carbonyl (C=O) groups excluding carboxylic acids is 1. The molecule has 0 aliphatic rings. The van der Waals surface area contributed by atoms with Gasteiger partial charge in [0.2, 0.25) is 0 Å². The van der Waals surface area contributed by atoms with E-state index in [1.807, 2.05) is 63.4 Å². The zero-order chi connectivity index (χ0) is 17.0. The van der Waals surface area contributed by atoms with Crippen molar-refractivity contribution in [2.75, 3.05) is 18.9 Å². The van der Waals surface area contributed by atoms with Crippen LogP contribution in [0.15, 0.2) is 42.5 Å². The Labute approximate surface area is 143 Å². The molecule has 0 aliphatic heterocycles. The van der Waals surface area contributed by atoms with Crippen molar-refractivity contribution in [3.8, 4) is 0 Å². The van der Waals surface area contributed by atoms with Crippen LogP contribution < -0.4 is 10.2 Å². The van der Waals surface area contributed by atoms with E-state index in [1.165, 1.54) is 5.56 Å². The van der Waals surface area contributed by atoms with Crippen LogP contribution in [0.5, 0.6) is 0 Å². The van der Waals surface area contributed by atoms with Gasteiger partial charge < -0.3 is 10.2 Å². The lowest BCUT2D eigenvalue weighted by molar-refractivity contribution is -0.902. The van der Waals surface area contributed by atoms with Gasteiger partial charge in [-0.25, -0.2) is 0 Å². The van der Waals surface area contributed by atoms with Crippen molar-refractivity contribution in [1.82, 2.24) is 0 Å². The molecule has 3 nitrogen and oxygen atoms in total. The minimum Gasteiger partial charge on any atom is -0.324 e. The number of likely N-dealkylation sites (N-methyl/N-ethyl adjacent to an activating group) is 1. The molecule has 0 fully saturated rings. The van der Waals surface area contributed by atoms with Crippen LogP contribution in [0.1, 0.15) is 29.7 Å². The first-order chi connectivity index (χ1) is 10.9. The molecule has 1 amide bonds. The molecule has 2 N–H and O–H groups in total. The van der Waals surface area contributed by atoms with Gasteiger partial charge in [-0.1, -0.05) is 41.9 Å². The smallest absolute Gasteiger partial charge is 0.279 e. The number of halogens is 1. The molecule has 2 aromatic carbocycles. The molecule has 0 aromatic heterocycles. The summed E-state index contributed by atoms with van der Waals surface area (Å²) >= 11 is 6.25. The number of rotatable bonds is 5. The molecule has 0 heterocycles. The molecule has 4 heteroatoms. The van der Waals surface area contributed by atoms with E-state index < -0.39 is 0 Å². The first-order valence-corrected chi connectivity index (χ1v) is 8.20. The van der Waals surface area contributed by atoms with E-state index in [-0.39, 0.29) is 11.9 Å². The van der Waals surface area contributed by atoms with Crippen molar-refractivity contribution in [3.63, 3.8) is 0 Å². The summed E-state index contributed by atoms with van der Waals surface area (Å²) in [6.07, 6.45) is 0. The maximum absolute atomic E-state index is 12.3. The van der Waals surface area contributed by atoms with Gasteiger partial charge in [-0.3, -0.25) is 4.79 Å². The monoisotopic (exact) mass is 331 g/mol. The second kappa shape index (κ2) is 7.62. The third-order valence-electron chi connectivity index (χ3n) is 4.43. The summed E-state index contributed by atoms with van der Waals surface area (Å²) in [7, 11) is 2.01. The van der Waals surface area contributed by atoms with E-state index in [0.717, 1.165) is 26.7 Å². The van der Waals surface area contributed by atoms with Gasteiger partial charge in [0, 0.05) is 16.3 Å². The van der Waals surface area contributed by atoms with E-state index in [1.54, 1.807) is 0 Å². The number of nitrogens with one attached hydrogen (secondary N) is 2. The van der Waals surface area contributed by atoms with Gasteiger partial charge >= 0.3 is 0 Å². The average Bonchev–Trinajstić information content (AvgIpc) is 2.51. The summed E-state index contributed by atoms with van der Waals surface area (Å²) in [6.45, 7) is 6.54. The third kappa shape index (κ3) is 4.34. The molecule has 0 spiro atoms. The van der Waals surface area contributed by atoms with Gasteiger partial charge in [0.25, 0.3) is 5.91 Å². The topological polar surface area (TPSA) is 33.5 Å². The molecule has 23 heavy (non-hydrogen) atoms. The van der Waals surface area contributed by atoms with Crippen molar-refractivity contribution in [3.05, 3.63) is 64.2 Å². The molecular formula is C19H24ClN2O+. The summed E-state index contributed by atoms with van der Waals surface area (Å²) in [6, 6.07) is 13.9. The maximum atomic E-state index is 12.3. The number of hydrogen-bond acceptors (Lipinski definition) is 1. The average molecular weight is 332 g/mol. The highest BCUT2D eigenvalue weighted by atomic mass is 35.5. The fourth-order valence-electron chi connectivity index (χ4n) is 2.58. The van der Waals surface area contributed by atoms with E-state index in [4.69, 9.17) is 11.6 Å². The standard InChI is InChI=1S/C19H23ClN2O/c1-13-8-7-11-18(14(13)2)21-19(23)12-22(4)15(3)16-9-5-6-10-17(16)20/h5-11,15H,12H2,1-4H3,(H,21,23)/p+1/t15-/m0/s1. The zero-order valence-corrected chi connectivity index (χ0v) is 14.9. The quantitative estimate of drug-likeness (QED) is 0.867. The molecule has 2 atom stereocenters. The van der Waals surface area contributed by atoms with Crippen molar-refractivity contribution >= 4 is 23.2 Å². The van der Waals surface area contributed by atoms with E-state index >= 15 is 0 Å². The molecule has 0 aliphatic carbocycles. The number of benzene rings is 2. The number of anilines is 1. The highest BCUT2D eigenvalue weighted by Crippen LogP contribution is 2.20. The van der Waals surface area contributed by atoms with Crippen LogP contribution in [0, 0.1) is 13.8 Å². The van der Waals surface area contributed by atoms with Gasteiger partial charge in [0.15, 0.2) is 6.54 Å². The lowest BCUT2D eigenvalue weighted by Gasteiger charge is -2.22. The second-order valence-electron chi connectivity index (χ2n) is 6.06. The molecular weight excluding hydrogens is 308 g/mol. The molecule has 0 saturated carbocycles. The number of quaternary nitrogens is 1. The molecule has 1 unspecified atom stereocenters. The summed E-state index contributed by atoms with van der Waals surface area (Å²) < 4.78 is 0. The fourth-order valence-corrected chi connectivity index (χ4v) is 2.88. The van der Waals surface area contributed by atoms with E-state index in [9.17, 15) is 4.79 Å². The molecule has 122 valence electrons.